The van der Waals surface area contributed by atoms with Gasteiger partial charge in [0.25, 0.3) is 0 Å². The Hall–Kier alpha value is -2.40. The van der Waals surface area contributed by atoms with Crippen molar-refractivity contribution in [3.63, 3.8) is 0 Å². The molecule has 0 aliphatic heterocycles. The molecule has 2 aromatic heterocycles. The van der Waals surface area contributed by atoms with Gasteiger partial charge in [0.1, 0.15) is 12.4 Å². The van der Waals surface area contributed by atoms with Crippen LogP contribution in [0.15, 0.2) is 59.7 Å². The Balaban J connectivity index is 1.63. The van der Waals surface area contributed by atoms with E-state index in [0.717, 1.165) is 17.1 Å². The van der Waals surface area contributed by atoms with Crippen molar-refractivity contribution in [3.05, 3.63) is 70.9 Å². The number of hydrogen-bond acceptors (Lipinski definition) is 5. The highest BCUT2D eigenvalue weighted by Gasteiger charge is 2.05. The van der Waals surface area contributed by atoms with Gasteiger partial charge in [-0.15, -0.1) is 11.3 Å². The van der Waals surface area contributed by atoms with Crippen LogP contribution in [0.3, 0.4) is 0 Å². The fraction of sp³-hybridized carbons (Fsp3) is 0.176. The Morgan fingerprint density at radius 1 is 1.23 bits per heavy atom. The van der Waals surface area contributed by atoms with Gasteiger partial charge in [-0.1, -0.05) is 6.07 Å². The van der Waals surface area contributed by atoms with E-state index in [1.54, 1.807) is 23.7 Å². The Kier molecular flexibility index (Phi) is 4.65. The monoisotopic (exact) mass is 311 g/mol. The molecule has 0 aliphatic rings. The first-order chi connectivity index (χ1) is 10.8. The number of hydrogen-bond donors (Lipinski definition) is 1. The van der Waals surface area contributed by atoms with E-state index in [9.17, 15) is 0 Å². The number of benzene rings is 1. The van der Waals surface area contributed by atoms with Crippen molar-refractivity contribution >= 4 is 17.0 Å². The molecule has 1 aromatic carbocycles. The molecule has 0 saturated heterocycles. The number of anilines is 1. The Labute approximate surface area is 133 Å². The molecule has 2 heterocycles. The zero-order chi connectivity index (χ0) is 15.2. The van der Waals surface area contributed by atoms with Crippen molar-refractivity contribution in [1.29, 1.82) is 0 Å². The van der Waals surface area contributed by atoms with Gasteiger partial charge in [0.2, 0.25) is 0 Å². The third-order valence-electron chi connectivity index (χ3n) is 3.29. The molecule has 112 valence electrons. The van der Waals surface area contributed by atoms with Crippen LogP contribution in [0.4, 0.5) is 5.69 Å². The van der Waals surface area contributed by atoms with Crippen LogP contribution in [0, 0.1) is 0 Å². The van der Waals surface area contributed by atoms with Crippen molar-refractivity contribution in [1.82, 2.24) is 9.97 Å². The minimum absolute atomic E-state index is 0.205. The Bertz CT molecular complexity index is 701. The van der Waals surface area contributed by atoms with Crippen LogP contribution in [0.1, 0.15) is 24.2 Å². The van der Waals surface area contributed by atoms with Crippen molar-refractivity contribution in [3.8, 4) is 5.75 Å². The molecule has 0 spiro atoms. The number of pyridine rings is 1. The molecule has 0 unspecified atom stereocenters. The molecule has 22 heavy (non-hydrogen) atoms. The minimum Gasteiger partial charge on any atom is -0.487 e. The van der Waals surface area contributed by atoms with E-state index in [-0.39, 0.29) is 6.04 Å². The van der Waals surface area contributed by atoms with E-state index < -0.39 is 0 Å². The summed E-state index contributed by atoms with van der Waals surface area (Å²) in [5.74, 6) is 0.833. The third kappa shape index (κ3) is 3.83. The summed E-state index contributed by atoms with van der Waals surface area (Å²) in [5, 5.41) is 5.46. The van der Waals surface area contributed by atoms with Crippen LogP contribution in [-0.4, -0.2) is 9.97 Å². The SMILES string of the molecule is C[C@@H](Nc1cccc(OCc2cscn2)c1)c1ccncc1. The summed E-state index contributed by atoms with van der Waals surface area (Å²) >= 11 is 1.58. The molecule has 1 N–H and O–H groups in total. The lowest BCUT2D eigenvalue weighted by molar-refractivity contribution is 0.302. The van der Waals surface area contributed by atoms with Crippen molar-refractivity contribution in [2.45, 2.75) is 19.6 Å². The highest BCUT2D eigenvalue weighted by Crippen LogP contribution is 2.23. The van der Waals surface area contributed by atoms with Gasteiger partial charge >= 0.3 is 0 Å². The summed E-state index contributed by atoms with van der Waals surface area (Å²) in [7, 11) is 0. The van der Waals surface area contributed by atoms with E-state index in [0.29, 0.717) is 6.61 Å². The highest BCUT2D eigenvalue weighted by molar-refractivity contribution is 7.07. The summed E-state index contributed by atoms with van der Waals surface area (Å²) < 4.78 is 5.77. The number of nitrogens with zero attached hydrogens (tertiary/aromatic N) is 2. The van der Waals surface area contributed by atoms with Crippen LogP contribution >= 0.6 is 11.3 Å². The fourth-order valence-corrected chi connectivity index (χ4v) is 2.67. The maximum absolute atomic E-state index is 5.77. The third-order valence-corrected chi connectivity index (χ3v) is 3.93. The number of aromatic nitrogens is 2. The average Bonchev–Trinajstić information content (AvgIpc) is 3.08. The maximum Gasteiger partial charge on any atom is 0.131 e. The number of rotatable bonds is 6. The zero-order valence-corrected chi connectivity index (χ0v) is 13.1. The molecule has 0 aliphatic carbocycles. The quantitative estimate of drug-likeness (QED) is 0.737. The second kappa shape index (κ2) is 7.04. The molecule has 0 bridgehead atoms. The fourth-order valence-electron chi connectivity index (χ4n) is 2.13. The lowest BCUT2D eigenvalue weighted by Crippen LogP contribution is -2.06. The standard InChI is InChI=1S/C17H17N3OS/c1-13(14-5-7-18-8-6-14)20-15-3-2-4-17(9-15)21-10-16-11-22-12-19-16/h2-9,11-13,20H,10H2,1H3/t13-/m1/s1. The van der Waals surface area contributed by atoms with Gasteiger partial charge in [-0.05, 0) is 36.8 Å². The largest absolute Gasteiger partial charge is 0.487 e. The molecule has 1 atom stereocenters. The van der Waals surface area contributed by atoms with Crippen LogP contribution in [-0.2, 0) is 6.61 Å². The molecule has 0 amide bonds. The smallest absolute Gasteiger partial charge is 0.131 e. The van der Waals surface area contributed by atoms with Gasteiger partial charge in [-0.3, -0.25) is 4.98 Å². The highest BCUT2D eigenvalue weighted by atomic mass is 32.1. The van der Waals surface area contributed by atoms with Crippen molar-refractivity contribution in [2.24, 2.45) is 0 Å². The lowest BCUT2D eigenvalue weighted by Gasteiger charge is -2.16. The van der Waals surface area contributed by atoms with E-state index in [1.165, 1.54) is 5.56 Å². The molecule has 3 aromatic rings. The van der Waals surface area contributed by atoms with Gasteiger partial charge in [-0.2, -0.15) is 0 Å². The van der Waals surface area contributed by atoms with E-state index in [2.05, 4.69) is 22.2 Å². The predicted molar refractivity (Wildman–Crippen MR) is 89.2 cm³/mol. The molecule has 4 nitrogen and oxygen atoms in total. The predicted octanol–water partition coefficient (Wildman–Crippen LogP) is 4.29. The minimum atomic E-state index is 0.205. The summed E-state index contributed by atoms with van der Waals surface area (Å²) in [6.07, 6.45) is 3.61. The number of nitrogens with one attached hydrogen (secondary N) is 1. The van der Waals surface area contributed by atoms with Crippen molar-refractivity contribution in [2.75, 3.05) is 5.32 Å². The molecule has 5 heteroatoms. The van der Waals surface area contributed by atoms with Gasteiger partial charge < -0.3 is 10.1 Å². The topological polar surface area (TPSA) is 47.0 Å². The molecule has 0 radical (unpaired) electrons. The second-order valence-corrected chi connectivity index (χ2v) is 5.66. The van der Waals surface area contributed by atoms with Gasteiger partial charge in [0, 0.05) is 35.6 Å². The summed E-state index contributed by atoms with van der Waals surface area (Å²) in [6.45, 7) is 2.62. The van der Waals surface area contributed by atoms with Crippen LogP contribution in [0.25, 0.3) is 0 Å². The Morgan fingerprint density at radius 2 is 2.09 bits per heavy atom. The van der Waals surface area contributed by atoms with E-state index in [1.807, 2.05) is 47.3 Å². The van der Waals surface area contributed by atoms with Crippen LogP contribution in [0.2, 0.25) is 0 Å². The van der Waals surface area contributed by atoms with Gasteiger partial charge in [0.15, 0.2) is 0 Å². The zero-order valence-electron chi connectivity index (χ0n) is 12.3. The Morgan fingerprint density at radius 3 is 2.86 bits per heavy atom. The van der Waals surface area contributed by atoms with Gasteiger partial charge in [0.05, 0.1) is 11.2 Å². The molecule has 0 fully saturated rings. The molecule has 3 rings (SSSR count). The summed E-state index contributed by atoms with van der Waals surface area (Å²) in [5.41, 5.74) is 4.99. The first-order valence-corrected chi connectivity index (χ1v) is 8.02. The molecular formula is C17H17N3OS. The van der Waals surface area contributed by atoms with E-state index in [4.69, 9.17) is 4.74 Å². The first-order valence-electron chi connectivity index (χ1n) is 7.07. The molecular weight excluding hydrogens is 294 g/mol. The number of thiazole rings is 1. The summed E-state index contributed by atoms with van der Waals surface area (Å²) in [6, 6.07) is 12.2. The van der Waals surface area contributed by atoms with Crippen LogP contribution < -0.4 is 10.1 Å². The normalized spacial score (nSPS) is 11.9. The molecule has 0 saturated carbocycles. The van der Waals surface area contributed by atoms with Crippen molar-refractivity contribution < 1.29 is 4.74 Å². The lowest BCUT2D eigenvalue weighted by atomic mass is 10.1. The second-order valence-electron chi connectivity index (χ2n) is 4.94. The first kappa shape index (κ1) is 14.5. The van der Waals surface area contributed by atoms with Gasteiger partial charge in [-0.25, -0.2) is 4.98 Å². The number of ether oxygens (including phenoxy) is 1. The summed E-state index contributed by atoms with van der Waals surface area (Å²) in [4.78, 5) is 8.26. The maximum atomic E-state index is 5.77. The van der Waals surface area contributed by atoms with Crippen LogP contribution in [0.5, 0.6) is 5.75 Å². The average molecular weight is 311 g/mol. The van der Waals surface area contributed by atoms with E-state index >= 15 is 0 Å².